The Labute approximate surface area is 87.5 Å². The molecule has 0 aliphatic heterocycles. The van der Waals surface area contributed by atoms with E-state index < -0.39 is 0 Å². The molecule has 0 fully saturated rings. The van der Waals surface area contributed by atoms with Crippen molar-refractivity contribution in [3.05, 3.63) is 30.5 Å². The summed E-state index contributed by atoms with van der Waals surface area (Å²) in [5.41, 5.74) is 1.71. The number of hydrogen-bond acceptors (Lipinski definition) is 3. The van der Waals surface area contributed by atoms with Crippen molar-refractivity contribution in [2.75, 3.05) is 0 Å². The van der Waals surface area contributed by atoms with Gasteiger partial charge in [0, 0.05) is 23.9 Å². The zero-order valence-corrected chi connectivity index (χ0v) is 8.51. The molecule has 2 aromatic rings. The third-order valence-corrected chi connectivity index (χ3v) is 2.20. The van der Waals surface area contributed by atoms with Gasteiger partial charge in [0.05, 0.1) is 12.5 Å². The molecule has 0 unspecified atom stereocenters. The van der Waals surface area contributed by atoms with E-state index in [2.05, 4.69) is 12.0 Å². The fourth-order valence-electron chi connectivity index (χ4n) is 1.50. The van der Waals surface area contributed by atoms with E-state index in [-0.39, 0.29) is 0 Å². The van der Waals surface area contributed by atoms with Crippen LogP contribution in [0.15, 0.2) is 29.1 Å². The first-order valence-electron chi connectivity index (χ1n) is 4.90. The molecule has 15 heavy (non-hydrogen) atoms. The second-order valence-electron chi connectivity index (χ2n) is 3.31. The Morgan fingerprint density at radius 3 is 3.20 bits per heavy atom. The summed E-state index contributed by atoms with van der Waals surface area (Å²) in [6, 6.07) is 1.77. The number of carbonyl (C=O) groups excluding carboxylic acids is 1. The predicted octanol–water partition coefficient (Wildman–Crippen LogP) is 2.37. The molecule has 2 aromatic heterocycles. The summed E-state index contributed by atoms with van der Waals surface area (Å²) >= 11 is 0. The molecule has 0 radical (unpaired) electrons. The summed E-state index contributed by atoms with van der Waals surface area (Å²) in [6.45, 7) is 2.98. The fourth-order valence-corrected chi connectivity index (χ4v) is 1.50. The standard InChI is InChI=1S/C11H12N2O2/c1-2-4-13-7-9(6-12-13)10-3-5-15-11(10)8-14/h3,5-8H,2,4H2,1H3. The van der Waals surface area contributed by atoms with Gasteiger partial charge in [-0.25, -0.2) is 0 Å². The molecular weight excluding hydrogens is 192 g/mol. The van der Waals surface area contributed by atoms with Crippen LogP contribution in [0.25, 0.3) is 11.1 Å². The molecule has 0 aliphatic carbocycles. The summed E-state index contributed by atoms with van der Waals surface area (Å²) in [6.07, 6.45) is 6.92. The van der Waals surface area contributed by atoms with Gasteiger partial charge in [0.2, 0.25) is 0 Å². The molecule has 0 aliphatic rings. The van der Waals surface area contributed by atoms with Crippen LogP contribution in [0.4, 0.5) is 0 Å². The quantitative estimate of drug-likeness (QED) is 0.718. The second kappa shape index (κ2) is 4.13. The van der Waals surface area contributed by atoms with Gasteiger partial charge in [-0.05, 0) is 12.5 Å². The molecule has 0 atom stereocenters. The van der Waals surface area contributed by atoms with Crippen LogP contribution in [-0.2, 0) is 6.54 Å². The molecule has 0 N–H and O–H groups in total. The van der Waals surface area contributed by atoms with Gasteiger partial charge >= 0.3 is 0 Å². The first-order valence-corrected chi connectivity index (χ1v) is 4.90. The Balaban J connectivity index is 2.32. The van der Waals surface area contributed by atoms with E-state index in [0.717, 1.165) is 24.1 Å². The van der Waals surface area contributed by atoms with Crippen molar-refractivity contribution in [3.8, 4) is 11.1 Å². The van der Waals surface area contributed by atoms with Gasteiger partial charge in [0.15, 0.2) is 12.0 Å². The van der Waals surface area contributed by atoms with E-state index in [9.17, 15) is 4.79 Å². The van der Waals surface area contributed by atoms with E-state index in [1.54, 1.807) is 12.3 Å². The molecule has 4 nitrogen and oxygen atoms in total. The predicted molar refractivity (Wildman–Crippen MR) is 55.6 cm³/mol. The third kappa shape index (κ3) is 1.83. The van der Waals surface area contributed by atoms with Crippen molar-refractivity contribution in [1.82, 2.24) is 9.78 Å². The van der Waals surface area contributed by atoms with Crippen LogP contribution >= 0.6 is 0 Å². The number of aromatic nitrogens is 2. The van der Waals surface area contributed by atoms with Crippen molar-refractivity contribution in [1.29, 1.82) is 0 Å². The number of hydrogen-bond donors (Lipinski definition) is 0. The van der Waals surface area contributed by atoms with Crippen LogP contribution in [-0.4, -0.2) is 16.1 Å². The van der Waals surface area contributed by atoms with Crippen LogP contribution in [0.1, 0.15) is 23.9 Å². The lowest BCUT2D eigenvalue weighted by Gasteiger charge is -1.95. The van der Waals surface area contributed by atoms with Gasteiger partial charge in [-0.15, -0.1) is 0 Å². The van der Waals surface area contributed by atoms with Crippen LogP contribution < -0.4 is 0 Å². The van der Waals surface area contributed by atoms with Crippen LogP contribution in [0.5, 0.6) is 0 Å². The smallest absolute Gasteiger partial charge is 0.185 e. The maximum atomic E-state index is 10.7. The van der Waals surface area contributed by atoms with Crippen molar-refractivity contribution < 1.29 is 9.21 Å². The number of furan rings is 1. The summed E-state index contributed by atoms with van der Waals surface area (Å²) in [5.74, 6) is 0.353. The molecule has 0 amide bonds. The largest absolute Gasteiger partial charge is 0.461 e. The number of carbonyl (C=O) groups is 1. The van der Waals surface area contributed by atoms with Gasteiger partial charge in [0.25, 0.3) is 0 Å². The normalized spacial score (nSPS) is 10.5. The number of aldehydes is 1. The molecule has 78 valence electrons. The molecule has 0 spiro atoms. The second-order valence-corrected chi connectivity index (χ2v) is 3.31. The zero-order valence-electron chi connectivity index (χ0n) is 8.51. The van der Waals surface area contributed by atoms with Crippen molar-refractivity contribution in [2.45, 2.75) is 19.9 Å². The molecule has 4 heteroatoms. The summed E-state index contributed by atoms with van der Waals surface area (Å²) in [5, 5.41) is 4.20. The third-order valence-electron chi connectivity index (χ3n) is 2.20. The minimum absolute atomic E-state index is 0.353. The first-order chi connectivity index (χ1) is 7.35. The molecule has 2 heterocycles. The number of aryl methyl sites for hydroxylation is 1. The summed E-state index contributed by atoms with van der Waals surface area (Å²) in [4.78, 5) is 10.7. The van der Waals surface area contributed by atoms with Crippen molar-refractivity contribution in [3.63, 3.8) is 0 Å². The van der Waals surface area contributed by atoms with E-state index in [1.807, 2.05) is 10.9 Å². The summed E-state index contributed by atoms with van der Waals surface area (Å²) in [7, 11) is 0. The molecule has 2 rings (SSSR count). The molecule has 0 bridgehead atoms. The van der Waals surface area contributed by atoms with Gasteiger partial charge in [0.1, 0.15) is 0 Å². The Morgan fingerprint density at radius 2 is 2.47 bits per heavy atom. The maximum Gasteiger partial charge on any atom is 0.185 e. The summed E-state index contributed by atoms with van der Waals surface area (Å²) < 4.78 is 6.89. The van der Waals surface area contributed by atoms with E-state index in [1.165, 1.54) is 6.26 Å². The lowest BCUT2D eigenvalue weighted by molar-refractivity contribution is 0.110. The Bertz CT molecular complexity index is 457. The van der Waals surface area contributed by atoms with Gasteiger partial charge in [-0.3, -0.25) is 9.48 Å². The SMILES string of the molecule is CCCn1cc(-c2ccoc2C=O)cn1. The van der Waals surface area contributed by atoms with Gasteiger partial charge in [-0.1, -0.05) is 6.92 Å². The highest BCUT2D eigenvalue weighted by molar-refractivity contribution is 5.83. The van der Waals surface area contributed by atoms with Crippen LogP contribution in [0, 0.1) is 0 Å². The fraction of sp³-hybridized carbons (Fsp3) is 0.273. The highest BCUT2D eigenvalue weighted by atomic mass is 16.3. The van der Waals surface area contributed by atoms with E-state index in [4.69, 9.17) is 4.42 Å². The molecule has 0 aromatic carbocycles. The monoisotopic (exact) mass is 204 g/mol. The Hall–Kier alpha value is -1.84. The van der Waals surface area contributed by atoms with E-state index in [0.29, 0.717) is 12.0 Å². The topological polar surface area (TPSA) is 48.0 Å². The minimum Gasteiger partial charge on any atom is -0.461 e. The Kier molecular flexibility index (Phi) is 2.67. The Morgan fingerprint density at radius 1 is 1.60 bits per heavy atom. The highest BCUT2D eigenvalue weighted by Gasteiger charge is 2.09. The first kappa shape index (κ1) is 9.71. The molecular formula is C11H12N2O2. The lowest BCUT2D eigenvalue weighted by Crippen LogP contribution is -1.95. The van der Waals surface area contributed by atoms with Crippen molar-refractivity contribution >= 4 is 6.29 Å². The number of rotatable bonds is 4. The highest BCUT2D eigenvalue weighted by Crippen LogP contribution is 2.22. The van der Waals surface area contributed by atoms with Crippen LogP contribution in [0.3, 0.4) is 0 Å². The average molecular weight is 204 g/mol. The lowest BCUT2D eigenvalue weighted by atomic mass is 10.1. The zero-order chi connectivity index (χ0) is 10.7. The van der Waals surface area contributed by atoms with Crippen molar-refractivity contribution in [2.24, 2.45) is 0 Å². The van der Waals surface area contributed by atoms with E-state index >= 15 is 0 Å². The number of nitrogens with zero attached hydrogens (tertiary/aromatic N) is 2. The van der Waals surface area contributed by atoms with Crippen LogP contribution in [0.2, 0.25) is 0 Å². The molecule has 0 saturated carbocycles. The van der Waals surface area contributed by atoms with Gasteiger partial charge in [-0.2, -0.15) is 5.10 Å². The minimum atomic E-state index is 0.353. The maximum absolute atomic E-state index is 10.7. The van der Waals surface area contributed by atoms with Gasteiger partial charge < -0.3 is 4.42 Å². The molecule has 0 saturated heterocycles. The average Bonchev–Trinajstić information content (AvgIpc) is 2.84.